The number of amides is 1. The highest BCUT2D eigenvalue weighted by Gasteiger charge is 2.35. The summed E-state index contributed by atoms with van der Waals surface area (Å²) < 4.78 is 5.29. The number of para-hydroxylation sites is 1. The fraction of sp³-hybridized carbons (Fsp3) is 0.240. The second-order valence-corrected chi connectivity index (χ2v) is 7.83. The Hall–Kier alpha value is -2.98. The highest BCUT2D eigenvalue weighted by molar-refractivity contribution is 6.31. The van der Waals surface area contributed by atoms with Crippen LogP contribution in [-0.2, 0) is 4.79 Å². The molecule has 1 fully saturated rings. The van der Waals surface area contributed by atoms with Gasteiger partial charge in [0.25, 0.3) is 0 Å². The molecule has 1 N–H and O–H groups in total. The molecule has 0 aliphatic carbocycles. The van der Waals surface area contributed by atoms with Gasteiger partial charge < -0.3 is 15.0 Å². The van der Waals surface area contributed by atoms with Gasteiger partial charge in [0.05, 0.1) is 13.2 Å². The van der Waals surface area contributed by atoms with Crippen molar-refractivity contribution in [3.63, 3.8) is 0 Å². The summed E-state index contributed by atoms with van der Waals surface area (Å²) in [5.41, 5.74) is 2.81. The van der Waals surface area contributed by atoms with Gasteiger partial charge >= 0.3 is 0 Å². The predicted octanol–water partition coefficient (Wildman–Crippen LogP) is 5.87. The molecule has 0 aromatic heterocycles. The van der Waals surface area contributed by atoms with E-state index in [-0.39, 0.29) is 11.9 Å². The van der Waals surface area contributed by atoms with Crippen molar-refractivity contribution in [2.75, 3.05) is 19.0 Å². The molecule has 1 aliphatic heterocycles. The Bertz CT molecular complexity index is 992. The first-order chi connectivity index (χ1) is 14.7. The SMILES string of the molecule is COc1ccc(C(Nc2ccccc2)C(=O)N2CCCC2c2ccccc2Cl)cc1. The number of ether oxygens (including phenoxy) is 1. The van der Waals surface area contributed by atoms with Crippen LogP contribution in [0.2, 0.25) is 5.02 Å². The number of likely N-dealkylation sites (tertiary alicyclic amines) is 1. The summed E-state index contributed by atoms with van der Waals surface area (Å²) >= 11 is 6.47. The molecule has 0 spiro atoms. The average molecular weight is 421 g/mol. The Balaban J connectivity index is 1.66. The fourth-order valence-electron chi connectivity index (χ4n) is 4.05. The number of hydrogen-bond donors (Lipinski definition) is 1. The molecule has 5 heteroatoms. The largest absolute Gasteiger partial charge is 0.497 e. The van der Waals surface area contributed by atoms with Crippen LogP contribution in [0.5, 0.6) is 5.75 Å². The lowest BCUT2D eigenvalue weighted by atomic mass is 10.0. The number of carbonyl (C=O) groups is 1. The van der Waals surface area contributed by atoms with Gasteiger partial charge in [-0.1, -0.05) is 60.1 Å². The Labute approximate surface area is 182 Å². The van der Waals surface area contributed by atoms with Gasteiger partial charge in [0.15, 0.2) is 0 Å². The maximum atomic E-state index is 13.8. The van der Waals surface area contributed by atoms with Crippen LogP contribution in [0.3, 0.4) is 0 Å². The summed E-state index contributed by atoms with van der Waals surface area (Å²) in [5, 5.41) is 4.14. The highest BCUT2D eigenvalue weighted by atomic mass is 35.5. The minimum atomic E-state index is -0.499. The van der Waals surface area contributed by atoms with E-state index in [0.29, 0.717) is 5.02 Å². The van der Waals surface area contributed by atoms with Crippen LogP contribution in [0.1, 0.15) is 36.1 Å². The molecule has 1 aliphatic rings. The molecule has 3 aromatic carbocycles. The van der Waals surface area contributed by atoms with Gasteiger partial charge in [0, 0.05) is 17.3 Å². The third kappa shape index (κ3) is 4.29. The molecule has 4 rings (SSSR count). The summed E-state index contributed by atoms with van der Waals surface area (Å²) in [6, 6.07) is 24.8. The number of benzene rings is 3. The molecule has 0 radical (unpaired) electrons. The molecule has 1 saturated heterocycles. The first-order valence-electron chi connectivity index (χ1n) is 10.2. The normalized spacial score (nSPS) is 16.9. The summed E-state index contributed by atoms with van der Waals surface area (Å²) in [7, 11) is 1.64. The fourth-order valence-corrected chi connectivity index (χ4v) is 4.31. The predicted molar refractivity (Wildman–Crippen MR) is 121 cm³/mol. The zero-order chi connectivity index (χ0) is 20.9. The molecule has 3 aromatic rings. The molecule has 154 valence electrons. The Morgan fingerprint density at radius 3 is 2.43 bits per heavy atom. The Morgan fingerprint density at radius 1 is 1.03 bits per heavy atom. The Morgan fingerprint density at radius 2 is 1.73 bits per heavy atom. The smallest absolute Gasteiger partial charge is 0.250 e. The number of anilines is 1. The standard InChI is InChI=1S/C25H25ClN2O2/c1-30-20-15-13-18(14-16-20)24(27-19-8-3-2-4-9-19)25(29)28-17-7-12-23(28)21-10-5-6-11-22(21)26/h2-6,8-11,13-16,23-24,27H,7,12,17H2,1H3. The summed E-state index contributed by atoms with van der Waals surface area (Å²) in [4.78, 5) is 15.8. The molecule has 4 nitrogen and oxygen atoms in total. The van der Waals surface area contributed by atoms with Crippen molar-refractivity contribution < 1.29 is 9.53 Å². The maximum Gasteiger partial charge on any atom is 0.250 e. The Kier molecular flexibility index (Phi) is 6.24. The van der Waals surface area contributed by atoms with Gasteiger partial charge in [0.2, 0.25) is 5.91 Å². The third-order valence-corrected chi connectivity index (χ3v) is 5.93. The second kappa shape index (κ2) is 9.23. The number of carbonyl (C=O) groups excluding carboxylic acids is 1. The summed E-state index contributed by atoms with van der Waals surface area (Å²) in [6.45, 7) is 0.720. The van der Waals surface area contributed by atoms with E-state index >= 15 is 0 Å². The van der Waals surface area contributed by atoms with Gasteiger partial charge in [-0.15, -0.1) is 0 Å². The topological polar surface area (TPSA) is 41.6 Å². The summed E-state index contributed by atoms with van der Waals surface area (Å²) in [6.07, 6.45) is 1.87. The van der Waals surface area contributed by atoms with Gasteiger partial charge in [-0.05, 0) is 54.3 Å². The number of nitrogens with zero attached hydrogens (tertiary/aromatic N) is 1. The molecule has 30 heavy (non-hydrogen) atoms. The zero-order valence-corrected chi connectivity index (χ0v) is 17.7. The van der Waals surface area contributed by atoms with E-state index < -0.39 is 6.04 Å². The molecule has 0 bridgehead atoms. The van der Waals surface area contributed by atoms with Crippen LogP contribution in [0.25, 0.3) is 0 Å². The van der Waals surface area contributed by atoms with Gasteiger partial charge in [-0.25, -0.2) is 0 Å². The monoisotopic (exact) mass is 420 g/mol. The third-order valence-electron chi connectivity index (χ3n) is 5.58. The van der Waals surface area contributed by atoms with Crippen molar-refractivity contribution in [3.8, 4) is 5.75 Å². The van der Waals surface area contributed by atoms with E-state index in [4.69, 9.17) is 16.3 Å². The van der Waals surface area contributed by atoms with Gasteiger partial charge in [-0.2, -0.15) is 0 Å². The van der Waals surface area contributed by atoms with E-state index in [2.05, 4.69) is 5.32 Å². The van der Waals surface area contributed by atoms with E-state index in [1.807, 2.05) is 83.8 Å². The van der Waals surface area contributed by atoms with Crippen molar-refractivity contribution >= 4 is 23.2 Å². The maximum absolute atomic E-state index is 13.8. The first kappa shape index (κ1) is 20.3. The first-order valence-corrected chi connectivity index (χ1v) is 10.6. The number of halogens is 1. The number of nitrogens with one attached hydrogen (secondary N) is 1. The van der Waals surface area contributed by atoms with Crippen LogP contribution in [0, 0.1) is 0 Å². The van der Waals surface area contributed by atoms with Crippen molar-refractivity contribution in [2.45, 2.75) is 24.9 Å². The van der Waals surface area contributed by atoms with Crippen molar-refractivity contribution in [3.05, 3.63) is 95.0 Å². The molecule has 1 amide bonds. The van der Waals surface area contributed by atoms with E-state index in [0.717, 1.165) is 42.0 Å². The van der Waals surface area contributed by atoms with Gasteiger partial charge in [0.1, 0.15) is 11.8 Å². The summed E-state index contributed by atoms with van der Waals surface area (Å²) in [5.74, 6) is 0.811. The number of hydrogen-bond acceptors (Lipinski definition) is 3. The van der Waals surface area contributed by atoms with Crippen molar-refractivity contribution in [2.24, 2.45) is 0 Å². The lowest BCUT2D eigenvalue weighted by Crippen LogP contribution is -2.37. The van der Waals surface area contributed by atoms with E-state index in [1.54, 1.807) is 7.11 Å². The van der Waals surface area contributed by atoms with E-state index in [9.17, 15) is 4.79 Å². The van der Waals surface area contributed by atoms with Crippen molar-refractivity contribution in [1.29, 1.82) is 0 Å². The zero-order valence-electron chi connectivity index (χ0n) is 16.9. The lowest BCUT2D eigenvalue weighted by Gasteiger charge is -2.31. The second-order valence-electron chi connectivity index (χ2n) is 7.43. The number of methoxy groups -OCH3 is 1. The quantitative estimate of drug-likeness (QED) is 0.542. The van der Waals surface area contributed by atoms with Gasteiger partial charge in [-0.3, -0.25) is 4.79 Å². The molecule has 1 heterocycles. The van der Waals surface area contributed by atoms with Crippen LogP contribution < -0.4 is 10.1 Å². The molecular formula is C25H25ClN2O2. The minimum Gasteiger partial charge on any atom is -0.497 e. The molecule has 2 unspecified atom stereocenters. The average Bonchev–Trinajstić information content (AvgIpc) is 3.28. The molecular weight excluding hydrogens is 396 g/mol. The minimum absolute atomic E-state index is 0.00970. The number of rotatable bonds is 6. The molecule has 2 atom stereocenters. The van der Waals surface area contributed by atoms with Crippen LogP contribution in [0.4, 0.5) is 5.69 Å². The van der Waals surface area contributed by atoms with Crippen LogP contribution in [-0.4, -0.2) is 24.5 Å². The van der Waals surface area contributed by atoms with Crippen LogP contribution in [0.15, 0.2) is 78.9 Å². The highest BCUT2D eigenvalue weighted by Crippen LogP contribution is 2.38. The van der Waals surface area contributed by atoms with E-state index in [1.165, 1.54) is 0 Å². The lowest BCUT2D eigenvalue weighted by molar-refractivity contribution is -0.133. The van der Waals surface area contributed by atoms with Crippen LogP contribution >= 0.6 is 11.6 Å². The molecule has 0 saturated carbocycles. The van der Waals surface area contributed by atoms with Crippen molar-refractivity contribution in [1.82, 2.24) is 4.90 Å².